The van der Waals surface area contributed by atoms with E-state index in [0.717, 1.165) is 11.6 Å². The van der Waals surface area contributed by atoms with Gasteiger partial charge in [0, 0.05) is 11.6 Å². The van der Waals surface area contributed by atoms with Crippen LogP contribution in [0.15, 0.2) is 24.3 Å². The topological polar surface area (TPSA) is 21.3 Å². The normalized spacial score (nSPS) is 25.2. The third-order valence-corrected chi connectivity index (χ3v) is 4.22. The molecule has 0 amide bonds. The molecule has 1 aromatic carbocycles. The second-order valence-corrected chi connectivity index (χ2v) is 5.97. The van der Waals surface area contributed by atoms with Crippen molar-refractivity contribution in [2.45, 2.75) is 44.8 Å². The minimum absolute atomic E-state index is 0.0919. The summed E-state index contributed by atoms with van der Waals surface area (Å²) in [6.07, 6.45) is 5.57. The molecule has 106 valence electrons. The van der Waals surface area contributed by atoms with E-state index in [9.17, 15) is 0 Å². The van der Waals surface area contributed by atoms with Crippen molar-refractivity contribution >= 4 is 11.6 Å². The molecule has 0 aromatic heterocycles. The number of halogens is 1. The van der Waals surface area contributed by atoms with Crippen LogP contribution in [0.2, 0.25) is 5.02 Å². The molecule has 19 heavy (non-hydrogen) atoms. The van der Waals surface area contributed by atoms with Crippen molar-refractivity contribution in [2.75, 3.05) is 13.6 Å². The molecule has 2 nitrogen and oxygen atoms in total. The van der Waals surface area contributed by atoms with Gasteiger partial charge in [-0.3, -0.25) is 0 Å². The average molecular weight is 282 g/mol. The van der Waals surface area contributed by atoms with E-state index in [-0.39, 0.29) is 6.10 Å². The molecular formula is C16H24ClNO. The number of ether oxygens (including phenoxy) is 1. The number of benzene rings is 1. The first-order valence-electron chi connectivity index (χ1n) is 7.26. The molecule has 3 atom stereocenters. The lowest BCUT2D eigenvalue weighted by Crippen LogP contribution is -2.30. The average Bonchev–Trinajstić information content (AvgIpc) is 2.40. The molecule has 1 N–H and O–H groups in total. The van der Waals surface area contributed by atoms with Gasteiger partial charge in [-0.15, -0.1) is 0 Å². The quantitative estimate of drug-likeness (QED) is 0.873. The fourth-order valence-electron chi connectivity index (χ4n) is 2.83. The van der Waals surface area contributed by atoms with E-state index in [1.807, 2.05) is 25.2 Å². The first-order valence-corrected chi connectivity index (χ1v) is 7.64. The zero-order chi connectivity index (χ0) is 13.7. The molecule has 1 fully saturated rings. The molecule has 0 aliphatic heterocycles. The Bertz CT molecular complexity index is 396. The van der Waals surface area contributed by atoms with E-state index < -0.39 is 0 Å². The highest BCUT2D eigenvalue weighted by molar-refractivity contribution is 6.30. The van der Waals surface area contributed by atoms with Crippen LogP contribution in [-0.2, 0) is 4.74 Å². The Labute approximate surface area is 121 Å². The van der Waals surface area contributed by atoms with Gasteiger partial charge in [-0.05, 0) is 43.5 Å². The molecule has 2 rings (SSSR count). The van der Waals surface area contributed by atoms with E-state index in [4.69, 9.17) is 16.3 Å². The maximum absolute atomic E-state index is 6.36. The van der Waals surface area contributed by atoms with E-state index in [0.29, 0.717) is 12.0 Å². The second kappa shape index (κ2) is 7.28. The van der Waals surface area contributed by atoms with Crippen molar-refractivity contribution in [1.29, 1.82) is 0 Å². The molecule has 1 aliphatic carbocycles. The van der Waals surface area contributed by atoms with E-state index >= 15 is 0 Å². The lowest BCUT2D eigenvalue weighted by Gasteiger charge is -2.32. The molecule has 0 bridgehead atoms. The highest BCUT2D eigenvalue weighted by atomic mass is 35.5. The predicted molar refractivity (Wildman–Crippen MR) is 80.6 cm³/mol. The first-order chi connectivity index (χ1) is 9.20. The molecular weight excluding hydrogens is 258 g/mol. The van der Waals surface area contributed by atoms with Crippen LogP contribution in [0.1, 0.15) is 44.3 Å². The van der Waals surface area contributed by atoms with Gasteiger partial charge in [0.25, 0.3) is 0 Å². The van der Waals surface area contributed by atoms with Crippen LogP contribution < -0.4 is 5.32 Å². The molecule has 0 spiro atoms. The van der Waals surface area contributed by atoms with Gasteiger partial charge in [0.15, 0.2) is 0 Å². The van der Waals surface area contributed by atoms with Crippen LogP contribution in [-0.4, -0.2) is 19.7 Å². The number of nitrogens with one attached hydrogen (secondary N) is 1. The standard InChI is InChI=1S/C16H24ClNO/c1-12-6-3-4-9-15(12)19-16(11-18-2)13-7-5-8-14(17)10-13/h5,7-8,10,12,15-16,18H,3-4,6,9,11H2,1-2H3. The summed E-state index contributed by atoms with van der Waals surface area (Å²) in [6, 6.07) is 8.01. The van der Waals surface area contributed by atoms with E-state index in [1.165, 1.54) is 31.2 Å². The van der Waals surface area contributed by atoms with Gasteiger partial charge >= 0.3 is 0 Å². The summed E-state index contributed by atoms with van der Waals surface area (Å²) in [5, 5.41) is 4.00. The fraction of sp³-hybridized carbons (Fsp3) is 0.625. The minimum atomic E-state index is 0.0919. The zero-order valence-corrected chi connectivity index (χ0v) is 12.6. The summed E-state index contributed by atoms with van der Waals surface area (Å²) >= 11 is 6.08. The van der Waals surface area contributed by atoms with E-state index in [1.54, 1.807) is 0 Å². The number of hydrogen-bond acceptors (Lipinski definition) is 2. The van der Waals surface area contributed by atoms with Gasteiger partial charge < -0.3 is 10.1 Å². The van der Waals surface area contributed by atoms with Crippen molar-refractivity contribution < 1.29 is 4.74 Å². The maximum atomic E-state index is 6.36. The zero-order valence-electron chi connectivity index (χ0n) is 11.9. The monoisotopic (exact) mass is 281 g/mol. The number of hydrogen-bond donors (Lipinski definition) is 1. The number of rotatable bonds is 5. The summed E-state index contributed by atoms with van der Waals surface area (Å²) in [6.45, 7) is 3.13. The lowest BCUT2D eigenvalue weighted by molar-refractivity contribution is -0.0558. The molecule has 1 aromatic rings. The van der Waals surface area contributed by atoms with Crippen LogP contribution in [0, 0.1) is 5.92 Å². The highest BCUT2D eigenvalue weighted by Gasteiger charge is 2.25. The van der Waals surface area contributed by atoms with Gasteiger partial charge in [-0.1, -0.05) is 43.5 Å². The summed E-state index contributed by atoms with van der Waals surface area (Å²) in [5.41, 5.74) is 1.17. The molecule has 1 saturated carbocycles. The third kappa shape index (κ3) is 4.20. The third-order valence-electron chi connectivity index (χ3n) is 3.98. The molecule has 3 heteroatoms. The molecule has 1 aliphatic rings. The summed E-state index contributed by atoms with van der Waals surface area (Å²) < 4.78 is 6.36. The van der Waals surface area contributed by atoms with Crippen molar-refractivity contribution in [3.63, 3.8) is 0 Å². The lowest BCUT2D eigenvalue weighted by atomic mass is 9.87. The van der Waals surface area contributed by atoms with Crippen LogP contribution in [0.3, 0.4) is 0 Å². The predicted octanol–water partition coefficient (Wildman–Crippen LogP) is 4.20. The Kier molecular flexibility index (Phi) is 5.68. The molecule has 3 unspecified atom stereocenters. The molecule has 0 radical (unpaired) electrons. The van der Waals surface area contributed by atoms with Crippen molar-refractivity contribution in [2.24, 2.45) is 5.92 Å². The summed E-state index contributed by atoms with van der Waals surface area (Å²) in [7, 11) is 1.96. The summed E-state index contributed by atoms with van der Waals surface area (Å²) in [4.78, 5) is 0. The number of likely N-dealkylation sites (N-methyl/N-ethyl adjacent to an activating group) is 1. The Morgan fingerprint density at radius 2 is 2.16 bits per heavy atom. The Morgan fingerprint density at radius 1 is 1.37 bits per heavy atom. The van der Waals surface area contributed by atoms with Gasteiger partial charge in [0.1, 0.15) is 0 Å². The van der Waals surface area contributed by atoms with Gasteiger partial charge in [-0.25, -0.2) is 0 Å². The smallest absolute Gasteiger partial charge is 0.0953 e. The van der Waals surface area contributed by atoms with Crippen LogP contribution in [0.4, 0.5) is 0 Å². The van der Waals surface area contributed by atoms with E-state index in [2.05, 4.69) is 18.3 Å². The van der Waals surface area contributed by atoms with Gasteiger partial charge in [0.2, 0.25) is 0 Å². The summed E-state index contributed by atoms with van der Waals surface area (Å²) in [5.74, 6) is 0.660. The molecule has 0 heterocycles. The fourth-order valence-corrected chi connectivity index (χ4v) is 3.03. The van der Waals surface area contributed by atoms with Crippen molar-refractivity contribution in [3.8, 4) is 0 Å². The highest BCUT2D eigenvalue weighted by Crippen LogP contribution is 2.31. The van der Waals surface area contributed by atoms with Crippen LogP contribution >= 0.6 is 11.6 Å². The SMILES string of the molecule is CNCC(OC1CCCCC1C)c1cccc(Cl)c1. The van der Waals surface area contributed by atoms with Crippen molar-refractivity contribution in [1.82, 2.24) is 5.32 Å². The van der Waals surface area contributed by atoms with Crippen LogP contribution in [0.5, 0.6) is 0 Å². The van der Waals surface area contributed by atoms with Gasteiger partial charge in [-0.2, -0.15) is 0 Å². The Hall–Kier alpha value is -0.570. The van der Waals surface area contributed by atoms with Crippen LogP contribution in [0.25, 0.3) is 0 Å². The van der Waals surface area contributed by atoms with Crippen molar-refractivity contribution in [3.05, 3.63) is 34.9 Å². The molecule has 0 saturated heterocycles. The minimum Gasteiger partial charge on any atom is -0.369 e. The Balaban J connectivity index is 2.07. The Morgan fingerprint density at radius 3 is 2.84 bits per heavy atom. The maximum Gasteiger partial charge on any atom is 0.0953 e. The largest absolute Gasteiger partial charge is 0.369 e. The second-order valence-electron chi connectivity index (χ2n) is 5.54. The first kappa shape index (κ1) is 14.8. The van der Waals surface area contributed by atoms with Gasteiger partial charge in [0.05, 0.1) is 12.2 Å².